The maximum absolute atomic E-state index is 10.9. The SMILES string of the molecule is CC1CN(Cc2cc([N+](=O)[O-])cc(Cl)c2O)C(C)CN1C. The molecule has 21 heavy (non-hydrogen) atoms. The van der Waals surface area contributed by atoms with Crippen molar-refractivity contribution in [3.05, 3.63) is 32.8 Å². The molecule has 1 saturated heterocycles. The van der Waals surface area contributed by atoms with Gasteiger partial charge in [0.2, 0.25) is 0 Å². The van der Waals surface area contributed by atoms with E-state index in [1.54, 1.807) is 0 Å². The minimum Gasteiger partial charge on any atom is -0.506 e. The number of hydrogen-bond donors (Lipinski definition) is 1. The second-order valence-electron chi connectivity index (χ2n) is 5.76. The van der Waals surface area contributed by atoms with E-state index >= 15 is 0 Å². The van der Waals surface area contributed by atoms with Crippen molar-refractivity contribution in [3.8, 4) is 5.75 Å². The van der Waals surface area contributed by atoms with E-state index in [2.05, 4.69) is 30.7 Å². The van der Waals surface area contributed by atoms with Crippen molar-refractivity contribution >= 4 is 17.3 Å². The smallest absolute Gasteiger partial charge is 0.271 e. The van der Waals surface area contributed by atoms with E-state index in [0.717, 1.165) is 13.1 Å². The molecule has 1 heterocycles. The lowest BCUT2D eigenvalue weighted by atomic mass is 10.1. The lowest BCUT2D eigenvalue weighted by Gasteiger charge is -2.42. The van der Waals surface area contributed by atoms with Crippen molar-refractivity contribution in [1.29, 1.82) is 0 Å². The van der Waals surface area contributed by atoms with Crippen molar-refractivity contribution in [3.63, 3.8) is 0 Å². The Bertz CT molecular complexity index is 553. The third-order valence-corrected chi connectivity index (χ3v) is 4.43. The van der Waals surface area contributed by atoms with Gasteiger partial charge in [-0.2, -0.15) is 0 Å². The van der Waals surface area contributed by atoms with Gasteiger partial charge >= 0.3 is 0 Å². The van der Waals surface area contributed by atoms with Crippen LogP contribution in [0.3, 0.4) is 0 Å². The van der Waals surface area contributed by atoms with E-state index in [1.165, 1.54) is 12.1 Å². The highest BCUT2D eigenvalue weighted by Crippen LogP contribution is 2.33. The van der Waals surface area contributed by atoms with Gasteiger partial charge < -0.3 is 10.0 Å². The van der Waals surface area contributed by atoms with Crippen LogP contribution in [0.5, 0.6) is 5.75 Å². The van der Waals surface area contributed by atoms with Gasteiger partial charge in [-0.05, 0) is 20.9 Å². The molecule has 0 spiro atoms. The van der Waals surface area contributed by atoms with Crippen LogP contribution in [0.4, 0.5) is 5.69 Å². The third kappa shape index (κ3) is 3.45. The number of nitro benzene ring substituents is 1. The molecule has 1 aliphatic heterocycles. The Hall–Kier alpha value is -1.37. The molecule has 0 radical (unpaired) electrons. The zero-order chi connectivity index (χ0) is 15.7. The largest absolute Gasteiger partial charge is 0.506 e. The zero-order valence-electron chi connectivity index (χ0n) is 12.4. The quantitative estimate of drug-likeness (QED) is 0.686. The second kappa shape index (κ2) is 6.17. The summed E-state index contributed by atoms with van der Waals surface area (Å²) < 4.78 is 0. The molecule has 116 valence electrons. The number of piperazine rings is 1. The molecule has 0 aliphatic carbocycles. The number of non-ortho nitro benzene ring substituents is 1. The molecular weight excluding hydrogens is 294 g/mol. The lowest BCUT2D eigenvalue weighted by molar-refractivity contribution is -0.384. The summed E-state index contributed by atoms with van der Waals surface area (Å²) in [6.45, 7) is 6.46. The second-order valence-corrected chi connectivity index (χ2v) is 6.17. The number of nitrogens with zero attached hydrogens (tertiary/aromatic N) is 3. The molecule has 2 rings (SSSR count). The first kappa shape index (κ1) is 16.0. The molecule has 1 aromatic carbocycles. The standard InChI is InChI=1S/C14H20ClN3O3/c1-9-7-17(10(2)6-16(9)3)8-11-4-12(18(20)21)5-13(15)14(11)19/h4-5,9-10,19H,6-8H2,1-3H3. The van der Waals surface area contributed by atoms with Crippen LogP contribution in [0.1, 0.15) is 19.4 Å². The molecule has 1 fully saturated rings. The molecule has 0 saturated carbocycles. The maximum atomic E-state index is 10.9. The number of phenols is 1. The molecule has 2 atom stereocenters. The fourth-order valence-corrected chi connectivity index (χ4v) is 2.91. The minimum absolute atomic E-state index is 0.0222. The number of rotatable bonds is 3. The van der Waals surface area contributed by atoms with Gasteiger partial charge in [-0.3, -0.25) is 15.0 Å². The predicted molar refractivity (Wildman–Crippen MR) is 81.7 cm³/mol. The number of halogens is 1. The first-order valence-corrected chi connectivity index (χ1v) is 7.27. The van der Waals surface area contributed by atoms with Crippen molar-refractivity contribution in [2.24, 2.45) is 0 Å². The van der Waals surface area contributed by atoms with E-state index in [0.29, 0.717) is 24.2 Å². The predicted octanol–water partition coefficient (Wildman–Crippen LogP) is 2.48. The summed E-state index contributed by atoms with van der Waals surface area (Å²) in [5.74, 6) is -0.0685. The van der Waals surface area contributed by atoms with Gasteiger partial charge in [0.1, 0.15) is 5.75 Å². The van der Waals surface area contributed by atoms with E-state index in [-0.39, 0.29) is 16.5 Å². The molecule has 1 aromatic rings. The van der Waals surface area contributed by atoms with E-state index < -0.39 is 4.92 Å². The van der Waals surface area contributed by atoms with Crippen LogP contribution in [0.15, 0.2) is 12.1 Å². The summed E-state index contributed by atoms with van der Waals surface area (Å²) in [6, 6.07) is 3.29. The summed E-state index contributed by atoms with van der Waals surface area (Å²) in [7, 11) is 2.08. The van der Waals surface area contributed by atoms with Crippen LogP contribution in [-0.2, 0) is 6.54 Å². The molecule has 0 amide bonds. The highest BCUT2D eigenvalue weighted by atomic mass is 35.5. The van der Waals surface area contributed by atoms with Gasteiger partial charge in [-0.1, -0.05) is 11.6 Å². The van der Waals surface area contributed by atoms with Crippen molar-refractivity contribution in [2.45, 2.75) is 32.5 Å². The first-order chi connectivity index (χ1) is 9.79. The summed E-state index contributed by atoms with van der Waals surface area (Å²) >= 11 is 5.89. The molecule has 7 heteroatoms. The van der Waals surface area contributed by atoms with E-state index in [1.807, 2.05) is 0 Å². The fourth-order valence-electron chi connectivity index (χ4n) is 2.68. The van der Waals surface area contributed by atoms with Gasteiger partial charge in [0.25, 0.3) is 5.69 Å². The zero-order valence-corrected chi connectivity index (χ0v) is 13.2. The average Bonchev–Trinajstić information content (AvgIpc) is 2.40. The molecule has 2 unspecified atom stereocenters. The maximum Gasteiger partial charge on any atom is 0.271 e. The number of likely N-dealkylation sites (N-methyl/N-ethyl adjacent to an activating group) is 1. The first-order valence-electron chi connectivity index (χ1n) is 6.89. The van der Waals surface area contributed by atoms with Crippen LogP contribution >= 0.6 is 11.6 Å². The summed E-state index contributed by atoms with van der Waals surface area (Å²) in [4.78, 5) is 14.9. The Labute approximate surface area is 129 Å². The van der Waals surface area contributed by atoms with Crippen LogP contribution in [0.25, 0.3) is 0 Å². The molecule has 0 aromatic heterocycles. The average molecular weight is 314 g/mol. The van der Waals surface area contributed by atoms with Crippen molar-refractivity contribution in [2.75, 3.05) is 20.1 Å². The highest BCUT2D eigenvalue weighted by Gasteiger charge is 2.28. The Morgan fingerprint density at radius 1 is 1.38 bits per heavy atom. The van der Waals surface area contributed by atoms with E-state index in [9.17, 15) is 15.2 Å². The summed E-state index contributed by atoms with van der Waals surface area (Å²) in [6.07, 6.45) is 0. The van der Waals surface area contributed by atoms with Gasteiger partial charge in [-0.15, -0.1) is 0 Å². The van der Waals surface area contributed by atoms with E-state index in [4.69, 9.17) is 11.6 Å². The highest BCUT2D eigenvalue weighted by molar-refractivity contribution is 6.32. The Kier molecular flexibility index (Phi) is 4.70. The third-order valence-electron chi connectivity index (χ3n) is 4.14. The number of aromatic hydroxyl groups is 1. The fraction of sp³-hybridized carbons (Fsp3) is 0.571. The summed E-state index contributed by atoms with van der Waals surface area (Å²) in [5, 5.41) is 21.0. The number of benzene rings is 1. The minimum atomic E-state index is -0.495. The van der Waals surface area contributed by atoms with Gasteiger partial charge in [0.05, 0.1) is 9.95 Å². The molecule has 0 bridgehead atoms. The van der Waals surface area contributed by atoms with Crippen LogP contribution < -0.4 is 0 Å². The molecule has 6 nitrogen and oxygen atoms in total. The Balaban J connectivity index is 2.24. The monoisotopic (exact) mass is 313 g/mol. The van der Waals surface area contributed by atoms with Gasteiger partial charge in [-0.25, -0.2) is 0 Å². The van der Waals surface area contributed by atoms with Gasteiger partial charge in [0.15, 0.2) is 0 Å². The molecule has 1 aliphatic rings. The Morgan fingerprint density at radius 3 is 2.67 bits per heavy atom. The number of nitro groups is 1. The number of hydrogen-bond acceptors (Lipinski definition) is 5. The van der Waals surface area contributed by atoms with Gasteiger partial charge in [0, 0.05) is 49.4 Å². The lowest BCUT2D eigenvalue weighted by Crippen LogP contribution is -2.54. The normalized spacial score (nSPS) is 24.2. The van der Waals surface area contributed by atoms with Crippen molar-refractivity contribution in [1.82, 2.24) is 9.80 Å². The van der Waals surface area contributed by atoms with Crippen LogP contribution in [0, 0.1) is 10.1 Å². The number of phenolic OH excluding ortho intramolecular Hbond substituents is 1. The topological polar surface area (TPSA) is 69.8 Å². The molecular formula is C14H20ClN3O3. The van der Waals surface area contributed by atoms with Crippen LogP contribution in [-0.4, -0.2) is 52.1 Å². The summed E-state index contributed by atoms with van der Waals surface area (Å²) in [5.41, 5.74) is 0.403. The molecule has 1 N–H and O–H groups in total. The Morgan fingerprint density at radius 2 is 2.05 bits per heavy atom. The van der Waals surface area contributed by atoms with Crippen LogP contribution in [0.2, 0.25) is 5.02 Å². The van der Waals surface area contributed by atoms with Crippen molar-refractivity contribution < 1.29 is 10.0 Å².